The van der Waals surface area contributed by atoms with E-state index in [2.05, 4.69) is 15.0 Å². The first-order valence-corrected chi connectivity index (χ1v) is 5.69. The molecule has 0 saturated carbocycles. The third-order valence-corrected chi connectivity index (χ3v) is 3.15. The Kier molecular flexibility index (Phi) is 3.37. The van der Waals surface area contributed by atoms with Gasteiger partial charge in [-0.05, 0) is 11.6 Å². The highest BCUT2D eigenvalue weighted by molar-refractivity contribution is 7.15. The van der Waals surface area contributed by atoms with Crippen molar-refractivity contribution in [3.63, 3.8) is 0 Å². The zero-order valence-corrected chi connectivity index (χ0v) is 10.3. The van der Waals surface area contributed by atoms with E-state index < -0.39 is 21.8 Å². The van der Waals surface area contributed by atoms with E-state index in [-0.39, 0.29) is 27.2 Å². The molecule has 6 nitrogen and oxygen atoms in total. The topological polar surface area (TPSA) is 81.8 Å². The highest BCUT2D eigenvalue weighted by Gasteiger charge is 2.35. The second kappa shape index (κ2) is 4.70. The van der Waals surface area contributed by atoms with E-state index in [1.165, 1.54) is 0 Å². The van der Waals surface area contributed by atoms with Crippen LogP contribution in [-0.2, 0) is 6.18 Å². The average molecular weight is 311 g/mol. The maximum Gasteiger partial charge on any atom is 0.443 e. The maximum absolute atomic E-state index is 12.4. The fourth-order valence-electron chi connectivity index (χ4n) is 1.18. The van der Waals surface area contributed by atoms with Crippen LogP contribution in [0.3, 0.4) is 0 Å². The molecule has 0 aromatic carbocycles. The van der Waals surface area contributed by atoms with E-state index in [0.29, 0.717) is 0 Å². The number of nitrogens with zero attached hydrogens (tertiary/aromatic N) is 4. The fraction of sp³-hybridized carbons (Fsp3) is 0.125. The zero-order chi connectivity index (χ0) is 14.2. The van der Waals surface area contributed by atoms with E-state index in [1.807, 2.05) is 0 Å². The Labute approximate surface area is 112 Å². The molecule has 0 unspecified atom stereocenters. The summed E-state index contributed by atoms with van der Waals surface area (Å²) in [5.41, 5.74) is -0.834. The van der Waals surface area contributed by atoms with Crippen LogP contribution in [0.1, 0.15) is 5.01 Å². The molecule has 11 heteroatoms. The minimum atomic E-state index is -4.62. The van der Waals surface area contributed by atoms with Gasteiger partial charge in [0.05, 0.1) is 9.80 Å². The summed E-state index contributed by atoms with van der Waals surface area (Å²) in [6.07, 6.45) is -2.93. The molecule has 0 atom stereocenters. The predicted octanol–water partition coefficient (Wildman–Crippen LogP) is 3.18. The van der Waals surface area contributed by atoms with Crippen LogP contribution in [0.4, 0.5) is 18.9 Å². The summed E-state index contributed by atoms with van der Waals surface area (Å²) in [6, 6.07) is 0. The van der Waals surface area contributed by atoms with E-state index in [1.54, 1.807) is 0 Å². The van der Waals surface area contributed by atoms with Gasteiger partial charge in [0.25, 0.3) is 0 Å². The molecule has 2 aromatic heterocycles. The molecule has 0 aliphatic heterocycles. The van der Waals surface area contributed by atoms with Crippen molar-refractivity contribution in [2.45, 2.75) is 6.18 Å². The van der Waals surface area contributed by atoms with Gasteiger partial charge in [-0.25, -0.2) is 15.0 Å². The summed E-state index contributed by atoms with van der Waals surface area (Å²) in [7, 11) is 0. The van der Waals surface area contributed by atoms with Gasteiger partial charge in [-0.1, -0.05) is 0 Å². The minimum absolute atomic E-state index is 0.108. The smallest absolute Gasteiger partial charge is 0.258 e. The van der Waals surface area contributed by atoms with Crippen LogP contribution in [0, 0.1) is 10.1 Å². The van der Waals surface area contributed by atoms with Gasteiger partial charge < -0.3 is 0 Å². The highest BCUT2D eigenvalue weighted by atomic mass is 35.5. The lowest BCUT2D eigenvalue weighted by Gasteiger charge is -2.00. The predicted molar refractivity (Wildman–Crippen MR) is 59.8 cm³/mol. The fourth-order valence-corrected chi connectivity index (χ4v) is 2.10. The highest BCUT2D eigenvalue weighted by Crippen LogP contribution is 2.38. The third kappa shape index (κ3) is 2.79. The Balaban J connectivity index is 2.55. The van der Waals surface area contributed by atoms with Crippen molar-refractivity contribution in [3.8, 4) is 10.6 Å². The Hall–Kier alpha value is -1.81. The van der Waals surface area contributed by atoms with E-state index in [4.69, 9.17) is 11.6 Å². The SMILES string of the molecule is O=[N+]([O-])c1cnc(Cl)nc1-c1cnc(C(F)(F)F)s1. The lowest BCUT2D eigenvalue weighted by molar-refractivity contribution is -0.384. The van der Waals surface area contributed by atoms with Gasteiger partial charge in [0.1, 0.15) is 6.20 Å². The molecule has 0 fully saturated rings. The standard InChI is InChI=1S/C8H2ClF3N4O2S/c9-7-14-1-3(16(17)18)5(15-7)4-2-13-6(19-4)8(10,11)12/h1-2H. The Morgan fingerprint density at radius 2 is 2.00 bits per heavy atom. The third-order valence-electron chi connectivity index (χ3n) is 1.92. The van der Waals surface area contributed by atoms with E-state index in [0.717, 1.165) is 12.4 Å². The molecule has 0 radical (unpaired) electrons. The van der Waals surface area contributed by atoms with Crippen molar-refractivity contribution >= 4 is 28.6 Å². The van der Waals surface area contributed by atoms with Crippen molar-refractivity contribution in [2.75, 3.05) is 0 Å². The van der Waals surface area contributed by atoms with Crippen molar-refractivity contribution in [2.24, 2.45) is 0 Å². The summed E-state index contributed by atoms with van der Waals surface area (Å²) >= 11 is 5.73. The average Bonchev–Trinajstić information content (AvgIpc) is 2.77. The summed E-state index contributed by atoms with van der Waals surface area (Å²) < 4.78 is 37.2. The van der Waals surface area contributed by atoms with Crippen LogP contribution < -0.4 is 0 Å². The van der Waals surface area contributed by atoms with Crippen molar-refractivity contribution in [1.29, 1.82) is 0 Å². The molecule has 2 heterocycles. The summed E-state index contributed by atoms with van der Waals surface area (Å²) in [6.45, 7) is 0. The molecule has 2 rings (SSSR count). The summed E-state index contributed by atoms with van der Waals surface area (Å²) in [4.78, 5) is 20.0. The summed E-state index contributed by atoms with van der Waals surface area (Å²) in [5.74, 6) is 0. The number of nitro groups is 1. The number of rotatable bonds is 2. The number of aromatic nitrogens is 3. The van der Waals surface area contributed by atoms with Gasteiger partial charge in [0, 0.05) is 6.20 Å². The molecule has 0 saturated heterocycles. The number of thiazole rings is 1. The zero-order valence-electron chi connectivity index (χ0n) is 8.68. The molecule has 0 aliphatic carbocycles. The van der Waals surface area contributed by atoms with Gasteiger partial charge in [-0.2, -0.15) is 13.2 Å². The van der Waals surface area contributed by atoms with Crippen molar-refractivity contribution in [1.82, 2.24) is 15.0 Å². The lowest BCUT2D eigenvalue weighted by atomic mass is 10.3. The van der Waals surface area contributed by atoms with Crippen LogP contribution in [0.5, 0.6) is 0 Å². The first kappa shape index (κ1) is 13.6. The molecule has 2 aromatic rings. The second-order valence-corrected chi connectivity index (χ2v) is 4.53. The molecule has 0 bridgehead atoms. The minimum Gasteiger partial charge on any atom is -0.258 e. The van der Waals surface area contributed by atoms with Gasteiger partial charge >= 0.3 is 11.9 Å². The number of halogens is 4. The molecule has 0 spiro atoms. The van der Waals surface area contributed by atoms with Crippen LogP contribution in [0.15, 0.2) is 12.4 Å². The molecule has 0 N–H and O–H groups in total. The van der Waals surface area contributed by atoms with Gasteiger partial charge in [0.2, 0.25) is 5.28 Å². The molecule has 0 aliphatic rings. The van der Waals surface area contributed by atoms with Gasteiger partial charge in [-0.15, -0.1) is 11.3 Å². The molecule has 19 heavy (non-hydrogen) atoms. The normalized spacial score (nSPS) is 11.6. The first-order valence-electron chi connectivity index (χ1n) is 4.49. The summed E-state index contributed by atoms with van der Waals surface area (Å²) in [5, 5.41) is 9.33. The number of hydrogen-bond acceptors (Lipinski definition) is 6. The molecular formula is C8H2ClF3N4O2S. The van der Waals surface area contributed by atoms with E-state index in [9.17, 15) is 23.3 Å². The second-order valence-electron chi connectivity index (χ2n) is 3.16. The number of hydrogen-bond donors (Lipinski definition) is 0. The molecule has 100 valence electrons. The first-order chi connectivity index (χ1) is 8.79. The van der Waals surface area contributed by atoms with Crippen LogP contribution in [-0.4, -0.2) is 19.9 Å². The van der Waals surface area contributed by atoms with Crippen LogP contribution in [0.25, 0.3) is 10.6 Å². The van der Waals surface area contributed by atoms with E-state index >= 15 is 0 Å². The van der Waals surface area contributed by atoms with Crippen LogP contribution in [0.2, 0.25) is 5.28 Å². The Morgan fingerprint density at radius 1 is 1.32 bits per heavy atom. The van der Waals surface area contributed by atoms with Gasteiger partial charge in [-0.3, -0.25) is 10.1 Å². The molecule has 0 amide bonds. The monoisotopic (exact) mass is 310 g/mol. The quantitative estimate of drug-likeness (QED) is 0.483. The maximum atomic E-state index is 12.4. The lowest BCUT2D eigenvalue weighted by Crippen LogP contribution is -2.02. The van der Waals surface area contributed by atoms with Crippen molar-refractivity contribution in [3.05, 3.63) is 32.8 Å². The Bertz CT molecular complexity index is 645. The number of alkyl halides is 3. The molecular weight excluding hydrogens is 309 g/mol. The van der Waals surface area contributed by atoms with Gasteiger partial charge in [0.15, 0.2) is 10.7 Å². The van der Waals surface area contributed by atoms with Crippen LogP contribution >= 0.6 is 22.9 Å². The Morgan fingerprint density at radius 3 is 2.53 bits per heavy atom. The van der Waals surface area contributed by atoms with Crippen molar-refractivity contribution < 1.29 is 18.1 Å². The largest absolute Gasteiger partial charge is 0.443 e.